The van der Waals surface area contributed by atoms with E-state index in [0.29, 0.717) is 16.9 Å². The first kappa shape index (κ1) is 12.7. The summed E-state index contributed by atoms with van der Waals surface area (Å²) in [5, 5.41) is 13.9. The van der Waals surface area contributed by atoms with Crippen LogP contribution in [0, 0.1) is 16.0 Å². The van der Waals surface area contributed by atoms with Crippen molar-refractivity contribution in [3.63, 3.8) is 0 Å². The maximum Gasteiger partial charge on any atom is 0.319 e. The van der Waals surface area contributed by atoms with E-state index in [9.17, 15) is 10.1 Å². The van der Waals surface area contributed by atoms with Crippen molar-refractivity contribution in [3.05, 3.63) is 16.3 Å². The van der Waals surface area contributed by atoms with Crippen LogP contribution in [0.4, 0.5) is 11.6 Å². The topological polar surface area (TPSA) is 81.0 Å². The van der Waals surface area contributed by atoms with Crippen molar-refractivity contribution in [2.45, 2.75) is 18.9 Å². The molecule has 1 rings (SSSR count). The third-order valence-electron chi connectivity index (χ3n) is 1.71. The Bertz CT molecular complexity index is 384. The number of nitrogens with zero attached hydrogens (tertiary/aromatic N) is 3. The summed E-state index contributed by atoms with van der Waals surface area (Å²) in [5.74, 6) is 1.65. The van der Waals surface area contributed by atoms with Crippen LogP contribution in [0.5, 0.6) is 0 Å². The summed E-state index contributed by atoms with van der Waals surface area (Å²) in [7, 11) is 1.68. The first-order valence-corrected chi connectivity index (χ1v) is 5.85. The Morgan fingerprint density at radius 2 is 2.31 bits per heavy atom. The highest BCUT2D eigenvalue weighted by molar-refractivity contribution is 7.99. The molecule has 0 aliphatic heterocycles. The standard InChI is InChI=1S/C9H14N4O2S/c1-6(2)5-16-8-7(13(14)15)4-11-9(10-3)12-8/h4,6H,5H2,1-3H3,(H,10,11,12). The van der Waals surface area contributed by atoms with Gasteiger partial charge in [-0.1, -0.05) is 25.6 Å². The molecule has 0 bridgehead atoms. The maximum absolute atomic E-state index is 10.8. The lowest BCUT2D eigenvalue weighted by atomic mass is 10.3. The van der Waals surface area contributed by atoms with Crippen LogP contribution in [0.25, 0.3) is 0 Å². The molecule has 0 spiro atoms. The zero-order valence-corrected chi connectivity index (χ0v) is 10.2. The van der Waals surface area contributed by atoms with Crippen molar-refractivity contribution in [1.29, 1.82) is 0 Å². The van der Waals surface area contributed by atoms with E-state index in [1.807, 2.05) is 0 Å². The summed E-state index contributed by atoms with van der Waals surface area (Å²) in [6.07, 6.45) is 1.24. The molecule has 0 aliphatic rings. The van der Waals surface area contributed by atoms with Crippen LogP contribution in [-0.4, -0.2) is 27.7 Å². The second kappa shape index (κ2) is 5.64. The van der Waals surface area contributed by atoms with Gasteiger partial charge < -0.3 is 5.32 Å². The Labute approximate surface area is 98.0 Å². The molecule has 0 aromatic carbocycles. The van der Waals surface area contributed by atoms with Gasteiger partial charge >= 0.3 is 5.69 Å². The summed E-state index contributed by atoms with van der Waals surface area (Å²) in [5.41, 5.74) is -0.0374. The Morgan fingerprint density at radius 1 is 1.62 bits per heavy atom. The molecule has 1 aromatic rings. The van der Waals surface area contributed by atoms with Gasteiger partial charge in [0.15, 0.2) is 5.03 Å². The quantitative estimate of drug-likeness (QED) is 0.369. The Morgan fingerprint density at radius 3 is 2.81 bits per heavy atom. The fourth-order valence-corrected chi connectivity index (χ4v) is 1.87. The Hall–Kier alpha value is -1.37. The first-order valence-electron chi connectivity index (χ1n) is 4.86. The van der Waals surface area contributed by atoms with Crippen LogP contribution in [-0.2, 0) is 0 Å². The van der Waals surface area contributed by atoms with Gasteiger partial charge in [0.2, 0.25) is 5.95 Å². The highest BCUT2D eigenvalue weighted by atomic mass is 32.2. The molecule has 7 heteroatoms. The van der Waals surface area contributed by atoms with E-state index >= 15 is 0 Å². The molecule has 1 N–H and O–H groups in total. The average Bonchev–Trinajstić information content (AvgIpc) is 2.25. The molecule has 0 fully saturated rings. The number of aromatic nitrogens is 2. The predicted molar refractivity (Wildman–Crippen MR) is 63.8 cm³/mol. The zero-order valence-electron chi connectivity index (χ0n) is 9.43. The summed E-state index contributed by atoms with van der Waals surface area (Å²) >= 11 is 1.38. The van der Waals surface area contributed by atoms with Crippen molar-refractivity contribution in [3.8, 4) is 0 Å². The fourth-order valence-electron chi connectivity index (χ4n) is 0.957. The van der Waals surface area contributed by atoms with E-state index in [1.165, 1.54) is 18.0 Å². The largest absolute Gasteiger partial charge is 0.357 e. The molecule has 0 radical (unpaired) electrons. The minimum absolute atomic E-state index is 0.0374. The molecule has 0 amide bonds. The third kappa shape index (κ3) is 3.34. The predicted octanol–water partition coefficient (Wildman–Crippen LogP) is 2.17. The molecule has 0 aliphatic carbocycles. The van der Waals surface area contributed by atoms with Crippen LogP contribution in [0.3, 0.4) is 0 Å². The minimum atomic E-state index is -0.456. The number of nitro groups is 1. The van der Waals surface area contributed by atoms with Gasteiger partial charge in [-0.3, -0.25) is 10.1 Å². The second-order valence-corrected chi connectivity index (χ2v) is 4.60. The van der Waals surface area contributed by atoms with E-state index < -0.39 is 4.92 Å². The van der Waals surface area contributed by atoms with Crippen molar-refractivity contribution in [1.82, 2.24) is 9.97 Å². The molecule has 0 saturated carbocycles. The number of rotatable bonds is 5. The third-order valence-corrected chi connectivity index (χ3v) is 3.12. The van der Waals surface area contributed by atoms with E-state index in [1.54, 1.807) is 7.05 Å². The lowest BCUT2D eigenvalue weighted by molar-refractivity contribution is -0.388. The van der Waals surface area contributed by atoms with Gasteiger partial charge in [-0.25, -0.2) is 4.98 Å². The van der Waals surface area contributed by atoms with Crippen molar-refractivity contribution in [2.75, 3.05) is 18.1 Å². The van der Waals surface area contributed by atoms with Crippen molar-refractivity contribution >= 4 is 23.4 Å². The first-order chi connectivity index (χ1) is 7.54. The van der Waals surface area contributed by atoms with Gasteiger partial charge in [0.25, 0.3) is 0 Å². The van der Waals surface area contributed by atoms with Gasteiger partial charge in [-0.2, -0.15) is 4.98 Å². The minimum Gasteiger partial charge on any atom is -0.357 e. The molecule has 6 nitrogen and oxygen atoms in total. The van der Waals surface area contributed by atoms with Crippen molar-refractivity contribution < 1.29 is 4.92 Å². The molecule has 1 aromatic heterocycles. The van der Waals surface area contributed by atoms with Gasteiger partial charge in [0.05, 0.1) is 4.92 Å². The summed E-state index contributed by atoms with van der Waals surface area (Å²) in [6, 6.07) is 0. The smallest absolute Gasteiger partial charge is 0.319 e. The normalized spacial score (nSPS) is 10.5. The summed E-state index contributed by atoms with van der Waals surface area (Å²) < 4.78 is 0. The summed E-state index contributed by atoms with van der Waals surface area (Å²) in [4.78, 5) is 18.2. The number of hydrogen-bond acceptors (Lipinski definition) is 6. The van der Waals surface area contributed by atoms with E-state index in [-0.39, 0.29) is 5.69 Å². The Balaban J connectivity index is 2.96. The van der Waals surface area contributed by atoms with Crippen LogP contribution in [0.1, 0.15) is 13.8 Å². The van der Waals surface area contributed by atoms with E-state index in [0.717, 1.165) is 5.75 Å². The van der Waals surface area contributed by atoms with Gasteiger partial charge in [0.1, 0.15) is 6.20 Å². The number of thioether (sulfide) groups is 1. The van der Waals surface area contributed by atoms with Gasteiger partial charge in [-0.05, 0) is 5.92 Å². The van der Waals surface area contributed by atoms with Gasteiger partial charge in [0, 0.05) is 12.8 Å². The highest BCUT2D eigenvalue weighted by Gasteiger charge is 2.17. The van der Waals surface area contributed by atoms with Crippen LogP contribution < -0.4 is 5.32 Å². The lowest BCUT2D eigenvalue weighted by Crippen LogP contribution is -2.02. The van der Waals surface area contributed by atoms with Crippen LogP contribution >= 0.6 is 11.8 Å². The SMILES string of the molecule is CNc1ncc([N+](=O)[O-])c(SCC(C)C)n1. The molecule has 1 heterocycles. The van der Waals surface area contributed by atoms with E-state index in [4.69, 9.17) is 0 Å². The zero-order chi connectivity index (χ0) is 12.1. The average molecular weight is 242 g/mol. The van der Waals surface area contributed by atoms with Crippen molar-refractivity contribution in [2.24, 2.45) is 5.92 Å². The molecule has 16 heavy (non-hydrogen) atoms. The summed E-state index contributed by atoms with van der Waals surface area (Å²) in [6.45, 7) is 4.11. The number of hydrogen-bond donors (Lipinski definition) is 1. The second-order valence-electron chi connectivity index (χ2n) is 3.60. The molecular weight excluding hydrogens is 228 g/mol. The fraction of sp³-hybridized carbons (Fsp3) is 0.556. The monoisotopic (exact) mass is 242 g/mol. The lowest BCUT2D eigenvalue weighted by Gasteiger charge is -2.05. The number of anilines is 1. The Kier molecular flexibility index (Phi) is 4.48. The van der Waals surface area contributed by atoms with Gasteiger partial charge in [-0.15, -0.1) is 0 Å². The van der Waals surface area contributed by atoms with Crippen LogP contribution in [0.2, 0.25) is 0 Å². The van der Waals surface area contributed by atoms with Crippen LogP contribution in [0.15, 0.2) is 11.2 Å². The molecule has 88 valence electrons. The highest BCUT2D eigenvalue weighted by Crippen LogP contribution is 2.28. The van der Waals surface area contributed by atoms with E-state index in [2.05, 4.69) is 29.1 Å². The molecular formula is C9H14N4O2S. The number of nitrogens with one attached hydrogen (secondary N) is 1. The maximum atomic E-state index is 10.8. The molecule has 0 saturated heterocycles. The molecule has 0 atom stereocenters. The molecule has 0 unspecified atom stereocenters.